The van der Waals surface area contributed by atoms with Crippen LogP contribution in [0.2, 0.25) is 0 Å². The van der Waals surface area contributed by atoms with Crippen LogP contribution in [0.25, 0.3) is 0 Å². The quantitative estimate of drug-likeness (QED) is 0.641. The van der Waals surface area contributed by atoms with Crippen LogP contribution in [0.1, 0.15) is 0 Å². The van der Waals surface area contributed by atoms with Gasteiger partial charge in [0.2, 0.25) is 0 Å². The minimum absolute atomic E-state index is 0.802. The molecule has 2 aliphatic rings. The third-order valence-electron chi connectivity index (χ3n) is 3.72. The Labute approximate surface area is 141 Å². The molecule has 126 valence electrons. The van der Waals surface area contributed by atoms with Crippen LogP contribution in [0.15, 0.2) is 83.0 Å². The number of hydrogen-bond acceptors (Lipinski definition) is 7. The summed E-state index contributed by atoms with van der Waals surface area (Å²) in [5.74, 6) is 0. The van der Waals surface area contributed by atoms with E-state index >= 15 is 0 Å². The first-order valence-corrected chi connectivity index (χ1v) is 7.69. The van der Waals surface area contributed by atoms with Gasteiger partial charge < -0.3 is 14.7 Å². The van der Waals surface area contributed by atoms with Crippen molar-refractivity contribution in [1.29, 1.82) is 0 Å². The summed E-state index contributed by atoms with van der Waals surface area (Å²) in [4.78, 5) is 26.7. The number of rotatable bonds is 8. The fourth-order valence-corrected chi connectivity index (χ4v) is 2.21. The lowest BCUT2D eigenvalue weighted by Gasteiger charge is -2.25. The van der Waals surface area contributed by atoms with Crippen molar-refractivity contribution < 1.29 is 0 Å². The molecule has 2 aliphatic heterocycles. The van der Waals surface area contributed by atoms with Gasteiger partial charge in [0.15, 0.2) is 0 Å². The standard InChI is InChI=1S/C17H21N5O2/c1-20(10-12-21-6-2-16(3-7-21)14-18-23)11-13-22-8-4-17(5-9-22)15-19-24/h2-9,14-15H,10-13H2,1H3. The molecule has 0 spiro atoms. The number of hydrogen-bond donors (Lipinski definition) is 0. The van der Waals surface area contributed by atoms with Crippen molar-refractivity contribution >= 4 is 0 Å². The molecule has 0 atom stereocenters. The predicted octanol–water partition coefficient (Wildman–Crippen LogP) is 2.90. The highest BCUT2D eigenvalue weighted by Crippen LogP contribution is 2.10. The van der Waals surface area contributed by atoms with Crippen LogP contribution in [0.3, 0.4) is 0 Å². The molecule has 0 radical (unpaired) electrons. The average molecular weight is 327 g/mol. The average Bonchev–Trinajstić information content (AvgIpc) is 2.61. The van der Waals surface area contributed by atoms with Crippen LogP contribution in [-0.4, -0.2) is 47.9 Å². The zero-order valence-electron chi connectivity index (χ0n) is 13.7. The van der Waals surface area contributed by atoms with E-state index < -0.39 is 0 Å². The van der Waals surface area contributed by atoms with Crippen molar-refractivity contribution in [1.82, 2.24) is 14.7 Å². The van der Waals surface area contributed by atoms with E-state index in [0.29, 0.717) is 0 Å². The van der Waals surface area contributed by atoms with Crippen LogP contribution in [0.4, 0.5) is 0 Å². The lowest BCUT2D eigenvalue weighted by molar-refractivity contribution is 0.283. The number of nitroso groups, excluding NO2 is 2. The molecule has 0 aromatic heterocycles. The fourth-order valence-electron chi connectivity index (χ4n) is 2.21. The van der Waals surface area contributed by atoms with Crippen LogP contribution in [0, 0.1) is 9.81 Å². The normalized spacial score (nSPS) is 16.1. The molecule has 0 unspecified atom stereocenters. The van der Waals surface area contributed by atoms with Crippen molar-refractivity contribution in [3.05, 3.63) is 82.5 Å². The molecule has 0 bridgehead atoms. The third-order valence-corrected chi connectivity index (χ3v) is 3.72. The molecular formula is C17H21N5O2. The van der Waals surface area contributed by atoms with E-state index in [9.17, 15) is 9.81 Å². The van der Waals surface area contributed by atoms with E-state index in [2.05, 4.69) is 32.1 Å². The number of allylic oxidation sites excluding steroid dienone is 6. The van der Waals surface area contributed by atoms with Gasteiger partial charge in [-0.2, -0.15) is 0 Å². The summed E-state index contributed by atoms with van der Waals surface area (Å²) < 4.78 is 0. The van der Waals surface area contributed by atoms with Crippen molar-refractivity contribution in [2.45, 2.75) is 0 Å². The van der Waals surface area contributed by atoms with Gasteiger partial charge in [-0.3, -0.25) is 0 Å². The first-order chi connectivity index (χ1) is 11.7. The lowest BCUT2D eigenvalue weighted by Crippen LogP contribution is -2.33. The van der Waals surface area contributed by atoms with Gasteiger partial charge in [-0.15, -0.1) is 9.81 Å². The number of nitrogens with zero attached hydrogens (tertiary/aromatic N) is 5. The van der Waals surface area contributed by atoms with E-state index in [4.69, 9.17) is 0 Å². The predicted molar refractivity (Wildman–Crippen MR) is 95.2 cm³/mol. The van der Waals surface area contributed by atoms with E-state index in [1.54, 1.807) is 0 Å². The van der Waals surface area contributed by atoms with E-state index in [1.165, 1.54) is 12.4 Å². The lowest BCUT2D eigenvalue weighted by atomic mass is 10.2. The van der Waals surface area contributed by atoms with Crippen LogP contribution >= 0.6 is 0 Å². The Bertz CT molecular complexity index is 545. The summed E-state index contributed by atoms with van der Waals surface area (Å²) in [5, 5.41) is 5.52. The molecule has 0 aromatic carbocycles. The molecule has 0 saturated carbocycles. The molecule has 0 aromatic rings. The highest BCUT2D eigenvalue weighted by molar-refractivity contribution is 5.33. The monoisotopic (exact) mass is 327 g/mol. The molecule has 7 heteroatoms. The van der Waals surface area contributed by atoms with Crippen molar-refractivity contribution in [2.24, 2.45) is 10.4 Å². The Morgan fingerprint density at radius 2 is 1.21 bits per heavy atom. The smallest absolute Gasteiger partial charge is 0.0788 e. The Hall–Kier alpha value is -2.80. The maximum Gasteiger partial charge on any atom is 0.0788 e. The molecule has 0 aliphatic carbocycles. The molecule has 0 amide bonds. The summed E-state index contributed by atoms with van der Waals surface area (Å²) >= 11 is 0. The Morgan fingerprint density at radius 3 is 1.54 bits per heavy atom. The van der Waals surface area contributed by atoms with Gasteiger partial charge in [0, 0.05) is 51.0 Å². The highest BCUT2D eigenvalue weighted by atomic mass is 16.3. The van der Waals surface area contributed by atoms with Crippen LogP contribution in [-0.2, 0) is 0 Å². The fraction of sp³-hybridized carbons (Fsp3) is 0.294. The summed E-state index contributed by atoms with van der Waals surface area (Å²) in [7, 11) is 2.08. The van der Waals surface area contributed by atoms with Gasteiger partial charge in [-0.25, -0.2) is 0 Å². The van der Waals surface area contributed by atoms with Crippen LogP contribution < -0.4 is 0 Å². The molecule has 2 heterocycles. The van der Waals surface area contributed by atoms with Gasteiger partial charge in [-0.05, 0) is 52.9 Å². The maximum atomic E-state index is 10.2. The largest absolute Gasteiger partial charge is 0.353 e. The summed E-state index contributed by atoms with van der Waals surface area (Å²) in [5.41, 5.74) is 1.60. The van der Waals surface area contributed by atoms with Gasteiger partial charge in [0.05, 0.1) is 12.4 Å². The zero-order chi connectivity index (χ0) is 17.2. The molecule has 0 saturated heterocycles. The molecule has 24 heavy (non-hydrogen) atoms. The van der Waals surface area contributed by atoms with Gasteiger partial charge >= 0.3 is 0 Å². The highest BCUT2D eigenvalue weighted by Gasteiger charge is 2.06. The first kappa shape index (κ1) is 17.6. The SMILES string of the molecule is CN(CCN1C=CC(=CN=O)C=C1)CCN1C=CC(=CN=O)C=C1. The van der Waals surface area contributed by atoms with Gasteiger partial charge in [-0.1, -0.05) is 0 Å². The van der Waals surface area contributed by atoms with E-state index in [-0.39, 0.29) is 0 Å². The molecule has 0 fully saturated rings. The van der Waals surface area contributed by atoms with Crippen LogP contribution in [0.5, 0.6) is 0 Å². The topological polar surface area (TPSA) is 68.6 Å². The Balaban J connectivity index is 1.67. The summed E-state index contributed by atoms with van der Waals surface area (Å²) in [6.45, 7) is 3.58. The molecular weight excluding hydrogens is 306 g/mol. The third kappa shape index (κ3) is 5.77. The van der Waals surface area contributed by atoms with Crippen molar-refractivity contribution in [3.8, 4) is 0 Å². The summed E-state index contributed by atoms with van der Waals surface area (Å²) in [6, 6.07) is 0. The second-order valence-electron chi connectivity index (χ2n) is 5.51. The Kier molecular flexibility index (Phi) is 6.85. The first-order valence-electron chi connectivity index (χ1n) is 7.69. The number of likely N-dealkylation sites (N-methyl/N-ethyl adjacent to an activating group) is 1. The second kappa shape index (κ2) is 9.36. The van der Waals surface area contributed by atoms with E-state index in [1.807, 2.05) is 49.1 Å². The van der Waals surface area contributed by atoms with E-state index in [0.717, 1.165) is 37.3 Å². The molecule has 0 N–H and O–H groups in total. The molecule has 7 nitrogen and oxygen atoms in total. The zero-order valence-corrected chi connectivity index (χ0v) is 13.7. The van der Waals surface area contributed by atoms with Crippen molar-refractivity contribution in [2.75, 3.05) is 33.2 Å². The van der Waals surface area contributed by atoms with Gasteiger partial charge in [0.25, 0.3) is 0 Å². The second-order valence-corrected chi connectivity index (χ2v) is 5.51. The van der Waals surface area contributed by atoms with Crippen molar-refractivity contribution in [3.63, 3.8) is 0 Å². The maximum absolute atomic E-state index is 10.2. The minimum Gasteiger partial charge on any atom is -0.353 e. The Morgan fingerprint density at radius 1 is 0.833 bits per heavy atom. The van der Waals surface area contributed by atoms with Gasteiger partial charge in [0.1, 0.15) is 0 Å². The summed E-state index contributed by atoms with van der Waals surface area (Å²) in [6.07, 6.45) is 17.8. The molecule has 2 rings (SSSR count). The minimum atomic E-state index is 0.802.